The molecule has 1 aliphatic rings. The molecule has 3 N–H and O–H groups in total. The number of hydrogen-bond acceptors (Lipinski definition) is 4. The normalized spacial score (nSPS) is 23.3. The van der Waals surface area contributed by atoms with Crippen LogP contribution in [0.15, 0.2) is 30.3 Å². The molecule has 0 fully saturated rings. The summed E-state index contributed by atoms with van der Waals surface area (Å²) in [5, 5.41) is 29.6. The standard InChI is InChI=1S/C19H22O4/c1-10-6-13-7-16(21)17(22)9-14(13)19(11(10)2)12-4-5-15(20)18(8-12)23-3/h4-5,7-11,19-22H,6H2,1-3H3/t10-,11-,19+/m1/s1. The largest absolute Gasteiger partial charge is 0.504 e. The fourth-order valence-corrected chi connectivity index (χ4v) is 3.62. The summed E-state index contributed by atoms with van der Waals surface area (Å²) < 4.78 is 5.23. The molecule has 0 spiro atoms. The Hall–Kier alpha value is -2.36. The van der Waals surface area contributed by atoms with Crippen molar-refractivity contribution in [2.75, 3.05) is 7.11 Å². The van der Waals surface area contributed by atoms with Gasteiger partial charge in [-0.15, -0.1) is 0 Å². The van der Waals surface area contributed by atoms with Gasteiger partial charge in [0.25, 0.3) is 0 Å². The number of rotatable bonds is 2. The lowest BCUT2D eigenvalue weighted by molar-refractivity contribution is 0.320. The van der Waals surface area contributed by atoms with Gasteiger partial charge in [0, 0.05) is 5.92 Å². The minimum absolute atomic E-state index is 0.0764. The Morgan fingerprint density at radius 3 is 2.35 bits per heavy atom. The summed E-state index contributed by atoms with van der Waals surface area (Å²) in [5.74, 6) is 1.26. The van der Waals surface area contributed by atoms with Gasteiger partial charge in [-0.1, -0.05) is 19.9 Å². The fourth-order valence-electron chi connectivity index (χ4n) is 3.62. The summed E-state index contributed by atoms with van der Waals surface area (Å²) in [6.45, 7) is 4.39. The lowest BCUT2D eigenvalue weighted by Crippen LogP contribution is -2.26. The van der Waals surface area contributed by atoms with Crippen LogP contribution in [0.25, 0.3) is 0 Å². The van der Waals surface area contributed by atoms with Crippen LogP contribution in [0.4, 0.5) is 0 Å². The molecule has 0 saturated heterocycles. The van der Waals surface area contributed by atoms with E-state index in [4.69, 9.17) is 4.74 Å². The van der Waals surface area contributed by atoms with E-state index in [2.05, 4.69) is 13.8 Å². The average molecular weight is 314 g/mol. The van der Waals surface area contributed by atoms with Gasteiger partial charge >= 0.3 is 0 Å². The first kappa shape index (κ1) is 15.5. The summed E-state index contributed by atoms with van der Waals surface area (Å²) in [4.78, 5) is 0. The summed E-state index contributed by atoms with van der Waals surface area (Å²) >= 11 is 0. The molecule has 0 saturated carbocycles. The average Bonchev–Trinajstić information content (AvgIpc) is 2.52. The zero-order valence-electron chi connectivity index (χ0n) is 13.6. The molecule has 1 aliphatic carbocycles. The fraction of sp³-hybridized carbons (Fsp3) is 0.368. The molecular weight excluding hydrogens is 292 g/mol. The quantitative estimate of drug-likeness (QED) is 0.738. The molecule has 4 heteroatoms. The summed E-state index contributed by atoms with van der Waals surface area (Å²) in [7, 11) is 1.53. The molecule has 0 unspecified atom stereocenters. The molecule has 3 rings (SSSR count). The van der Waals surface area contributed by atoms with E-state index in [9.17, 15) is 15.3 Å². The highest BCUT2D eigenvalue weighted by Gasteiger charge is 2.33. The third-order valence-electron chi connectivity index (χ3n) is 5.10. The van der Waals surface area contributed by atoms with Crippen LogP contribution in [0.5, 0.6) is 23.0 Å². The Kier molecular flexibility index (Phi) is 3.84. The molecule has 0 aromatic heterocycles. The molecule has 2 aromatic carbocycles. The van der Waals surface area contributed by atoms with Crippen LogP contribution in [0.2, 0.25) is 0 Å². The Balaban J connectivity index is 2.16. The predicted molar refractivity (Wildman–Crippen MR) is 88.3 cm³/mol. The maximum Gasteiger partial charge on any atom is 0.160 e. The van der Waals surface area contributed by atoms with Crippen molar-refractivity contribution in [1.29, 1.82) is 0 Å². The Morgan fingerprint density at radius 1 is 0.957 bits per heavy atom. The van der Waals surface area contributed by atoms with E-state index in [0.717, 1.165) is 23.1 Å². The minimum Gasteiger partial charge on any atom is -0.504 e. The van der Waals surface area contributed by atoms with Crippen molar-refractivity contribution < 1.29 is 20.1 Å². The summed E-state index contributed by atoms with van der Waals surface area (Å²) in [6.07, 6.45) is 0.871. The molecule has 2 aromatic rings. The number of ether oxygens (including phenoxy) is 1. The molecule has 0 bridgehead atoms. The predicted octanol–water partition coefficient (Wildman–Crippen LogP) is 3.77. The van der Waals surface area contributed by atoms with Gasteiger partial charge in [-0.2, -0.15) is 0 Å². The number of hydrogen-bond donors (Lipinski definition) is 3. The van der Waals surface area contributed by atoms with E-state index in [1.165, 1.54) is 7.11 Å². The van der Waals surface area contributed by atoms with E-state index in [0.29, 0.717) is 17.6 Å². The highest BCUT2D eigenvalue weighted by molar-refractivity contribution is 5.53. The van der Waals surface area contributed by atoms with Crippen molar-refractivity contribution in [2.24, 2.45) is 11.8 Å². The number of aromatic hydroxyl groups is 3. The third kappa shape index (κ3) is 2.58. The second-order valence-corrected chi connectivity index (χ2v) is 6.49. The van der Waals surface area contributed by atoms with Crippen LogP contribution < -0.4 is 4.74 Å². The first-order chi connectivity index (χ1) is 10.9. The Bertz CT molecular complexity index is 738. The van der Waals surface area contributed by atoms with Crippen LogP contribution in [-0.2, 0) is 6.42 Å². The first-order valence-electron chi connectivity index (χ1n) is 7.84. The molecule has 122 valence electrons. The van der Waals surface area contributed by atoms with Crippen LogP contribution in [0, 0.1) is 11.8 Å². The van der Waals surface area contributed by atoms with E-state index >= 15 is 0 Å². The highest BCUT2D eigenvalue weighted by Crippen LogP contribution is 2.47. The van der Waals surface area contributed by atoms with Crippen molar-refractivity contribution in [3.63, 3.8) is 0 Å². The van der Waals surface area contributed by atoms with Crippen LogP contribution in [0.1, 0.15) is 36.5 Å². The topological polar surface area (TPSA) is 69.9 Å². The monoisotopic (exact) mass is 314 g/mol. The molecule has 23 heavy (non-hydrogen) atoms. The maximum atomic E-state index is 9.92. The molecule has 0 heterocycles. The summed E-state index contributed by atoms with van der Waals surface area (Å²) in [5.41, 5.74) is 3.12. The second-order valence-electron chi connectivity index (χ2n) is 6.49. The van der Waals surface area contributed by atoms with Crippen molar-refractivity contribution in [3.05, 3.63) is 47.0 Å². The van der Waals surface area contributed by atoms with Crippen LogP contribution >= 0.6 is 0 Å². The van der Waals surface area contributed by atoms with Gasteiger partial charge in [0.15, 0.2) is 23.0 Å². The van der Waals surface area contributed by atoms with Gasteiger partial charge in [-0.3, -0.25) is 0 Å². The van der Waals surface area contributed by atoms with Crippen molar-refractivity contribution in [3.8, 4) is 23.0 Å². The van der Waals surface area contributed by atoms with Gasteiger partial charge < -0.3 is 20.1 Å². The lowest BCUT2D eigenvalue weighted by atomic mass is 9.68. The SMILES string of the molecule is COc1cc([C@H]2c3cc(O)c(O)cc3C[C@@H](C)[C@H]2C)ccc1O. The van der Waals surface area contributed by atoms with Crippen molar-refractivity contribution in [1.82, 2.24) is 0 Å². The smallest absolute Gasteiger partial charge is 0.160 e. The second kappa shape index (κ2) is 5.69. The molecule has 4 nitrogen and oxygen atoms in total. The molecule has 0 amide bonds. The third-order valence-corrected chi connectivity index (χ3v) is 5.10. The van der Waals surface area contributed by atoms with E-state index in [1.54, 1.807) is 18.2 Å². The highest BCUT2D eigenvalue weighted by atomic mass is 16.5. The van der Waals surface area contributed by atoms with Crippen molar-refractivity contribution >= 4 is 0 Å². The molecular formula is C19H22O4. The van der Waals surface area contributed by atoms with Gasteiger partial charge in [0.2, 0.25) is 0 Å². The molecule has 3 atom stereocenters. The van der Waals surface area contributed by atoms with Crippen molar-refractivity contribution in [2.45, 2.75) is 26.2 Å². The molecule has 0 radical (unpaired) electrons. The first-order valence-corrected chi connectivity index (χ1v) is 7.84. The zero-order valence-corrected chi connectivity index (χ0v) is 13.6. The van der Waals surface area contributed by atoms with E-state index < -0.39 is 0 Å². The van der Waals surface area contributed by atoms with E-state index in [-0.39, 0.29) is 23.2 Å². The lowest BCUT2D eigenvalue weighted by Gasteiger charge is -2.37. The van der Waals surface area contributed by atoms with E-state index in [1.807, 2.05) is 12.1 Å². The molecule has 0 aliphatic heterocycles. The number of fused-ring (bicyclic) bond motifs is 1. The van der Waals surface area contributed by atoms with Gasteiger partial charge in [-0.05, 0) is 59.2 Å². The van der Waals surface area contributed by atoms with Gasteiger partial charge in [0.05, 0.1) is 7.11 Å². The van der Waals surface area contributed by atoms with Gasteiger partial charge in [0.1, 0.15) is 0 Å². The number of phenols is 3. The minimum atomic E-state index is -0.0961. The number of phenolic OH excluding ortho intramolecular Hbond substituents is 3. The Labute approximate surface area is 136 Å². The van der Waals surface area contributed by atoms with Gasteiger partial charge in [-0.25, -0.2) is 0 Å². The number of benzene rings is 2. The van der Waals surface area contributed by atoms with Crippen LogP contribution in [0.3, 0.4) is 0 Å². The number of methoxy groups -OCH3 is 1. The zero-order chi connectivity index (χ0) is 16.7. The van der Waals surface area contributed by atoms with Crippen LogP contribution in [-0.4, -0.2) is 22.4 Å². The summed E-state index contributed by atoms with van der Waals surface area (Å²) in [6, 6.07) is 8.71. The maximum absolute atomic E-state index is 9.92. The Morgan fingerprint density at radius 2 is 1.65 bits per heavy atom.